The first kappa shape index (κ1) is 14.1. The topological polar surface area (TPSA) is 57.5 Å². The summed E-state index contributed by atoms with van der Waals surface area (Å²) in [6.45, 7) is -0.283. The van der Waals surface area contributed by atoms with Crippen molar-refractivity contribution in [1.82, 2.24) is 0 Å². The molecule has 0 aliphatic heterocycles. The second-order valence-corrected chi connectivity index (χ2v) is 3.29. The van der Waals surface area contributed by atoms with Crippen molar-refractivity contribution >= 4 is 11.5 Å². The minimum atomic E-state index is -1.05. The van der Waals surface area contributed by atoms with E-state index in [0.717, 1.165) is 0 Å². The summed E-state index contributed by atoms with van der Waals surface area (Å²) < 4.78 is 0. The third-order valence-corrected chi connectivity index (χ3v) is 2.10. The molecule has 0 aliphatic carbocycles. The van der Waals surface area contributed by atoms with E-state index in [2.05, 4.69) is 29.6 Å². The van der Waals surface area contributed by atoms with Crippen LogP contribution in [0.3, 0.4) is 0 Å². The van der Waals surface area contributed by atoms with Crippen molar-refractivity contribution in [3.63, 3.8) is 0 Å². The Morgan fingerprint density at radius 3 is 2.53 bits per heavy atom. The molecule has 0 heterocycles. The summed E-state index contributed by atoms with van der Waals surface area (Å²) in [6, 6.07) is 6.43. The zero-order valence-corrected chi connectivity index (χ0v) is 9.97. The Bertz CT molecular complexity index is 668. The average Bonchev–Trinajstić information content (AvgIpc) is 2.42. The molecule has 3 nitrogen and oxygen atoms in total. The van der Waals surface area contributed by atoms with Gasteiger partial charge in [-0.1, -0.05) is 36.0 Å². The van der Waals surface area contributed by atoms with Gasteiger partial charge in [-0.25, -0.2) is 4.79 Å². The molecule has 1 aromatic rings. The molecule has 0 spiro atoms. The molecule has 1 aromatic carbocycles. The van der Waals surface area contributed by atoms with E-state index < -0.39 is 5.97 Å². The van der Waals surface area contributed by atoms with E-state index in [0.29, 0.717) is 11.1 Å². The first-order valence-electron chi connectivity index (χ1n) is 5.29. The van der Waals surface area contributed by atoms with Gasteiger partial charge < -0.3 is 10.2 Å². The van der Waals surface area contributed by atoms with Gasteiger partial charge in [0.05, 0.1) is 5.56 Å². The Kier molecular flexibility index (Phi) is 5.51. The van der Waals surface area contributed by atoms with Gasteiger partial charge in [-0.3, -0.25) is 0 Å². The van der Waals surface area contributed by atoms with Crippen molar-refractivity contribution in [3.8, 4) is 36.0 Å². The van der Waals surface area contributed by atoms with Crippen molar-refractivity contribution < 1.29 is 15.0 Å². The number of carboxylic acid groups (broad SMARTS) is 1. The van der Waals surface area contributed by atoms with E-state index in [-0.39, 0.29) is 12.2 Å². The third-order valence-electron chi connectivity index (χ3n) is 2.10. The summed E-state index contributed by atoms with van der Waals surface area (Å²) in [4.78, 5) is 11.1. The van der Waals surface area contributed by atoms with Crippen LogP contribution in [0.2, 0.25) is 0 Å². The molecule has 0 amide bonds. The maximum atomic E-state index is 11.1. The largest absolute Gasteiger partial charge is 0.478 e. The van der Waals surface area contributed by atoms with Gasteiger partial charge in [-0.2, -0.15) is 0 Å². The fourth-order valence-corrected chi connectivity index (χ4v) is 1.35. The van der Waals surface area contributed by atoms with Gasteiger partial charge in [0.2, 0.25) is 0 Å². The summed E-state index contributed by atoms with van der Waals surface area (Å²) in [7, 11) is 0. The first-order valence-corrected chi connectivity index (χ1v) is 5.29. The SMILES string of the molecule is C#C/C=C(/C#CC#CCO)c1ccccc1C(=O)O. The second-order valence-electron chi connectivity index (χ2n) is 3.29. The maximum absolute atomic E-state index is 11.1. The summed E-state index contributed by atoms with van der Waals surface area (Å²) >= 11 is 0. The normalized spacial score (nSPS) is 9.37. The Hall–Kier alpha value is -2.93. The smallest absolute Gasteiger partial charge is 0.336 e. The zero-order chi connectivity index (χ0) is 14.1. The highest BCUT2D eigenvalue weighted by Crippen LogP contribution is 2.18. The molecule has 0 aliphatic rings. The number of carboxylic acids is 1. The molecule has 0 saturated heterocycles. The number of rotatable bonds is 2. The Morgan fingerprint density at radius 2 is 1.95 bits per heavy atom. The molecule has 0 atom stereocenters. The van der Waals surface area contributed by atoms with Crippen LogP contribution < -0.4 is 0 Å². The number of aliphatic hydroxyl groups is 1. The molecule has 92 valence electrons. The monoisotopic (exact) mass is 250 g/mol. The Labute approximate surface area is 111 Å². The van der Waals surface area contributed by atoms with Crippen LogP contribution in [0.25, 0.3) is 5.57 Å². The molecule has 0 radical (unpaired) electrons. The van der Waals surface area contributed by atoms with E-state index in [1.807, 2.05) is 0 Å². The van der Waals surface area contributed by atoms with Crippen LogP contribution in [-0.2, 0) is 0 Å². The summed E-state index contributed by atoms with van der Waals surface area (Å²) in [5.74, 6) is 11.3. The van der Waals surface area contributed by atoms with Crippen molar-refractivity contribution in [3.05, 3.63) is 41.5 Å². The van der Waals surface area contributed by atoms with E-state index in [4.69, 9.17) is 16.6 Å². The average molecular weight is 250 g/mol. The molecular formula is C16H10O3. The van der Waals surface area contributed by atoms with Crippen LogP contribution in [-0.4, -0.2) is 22.8 Å². The lowest BCUT2D eigenvalue weighted by molar-refractivity contribution is 0.0696. The second kappa shape index (κ2) is 7.41. The van der Waals surface area contributed by atoms with Crippen LogP contribution in [0, 0.1) is 36.0 Å². The van der Waals surface area contributed by atoms with Gasteiger partial charge in [0.25, 0.3) is 0 Å². The predicted molar refractivity (Wildman–Crippen MR) is 72.8 cm³/mol. The van der Waals surface area contributed by atoms with Crippen LogP contribution >= 0.6 is 0 Å². The van der Waals surface area contributed by atoms with Crippen LogP contribution in [0.1, 0.15) is 15.9 Å². The number of allylic oxidation sites excluding steroid dienone is 2. The molecule has 0 aromatic heterocycles. The van der Waals surface area contributed by atoms with Gasteiger partial charge in [-0.15, -0.1) is 6.42 Å². The number of hydrogen-bond donors (Lipinski definition) is 2. The number of carbonyl (C=O) groups is 1. The highest BCUT2D eigenvalue weighted by atomic mass is 16.4. The van der Waals surface area contributed by atoms with E-state index >= 15 is 0 Å². The first-order chi connectivity index (χ1) is 9.20. The maximum Gasteiger partial charge on any atom is 0.336 e. The minimum Gasteiger partial charge on any atom is -0.478 e. The minimum absolute atomic E-state index is 0.119. The lowest BCUT2D eigenvalue weighted by Crippen LogP contribution is -2.01. The van der Waals surface area contributed by atoms with Gasteiger partial charge in [0.1, 0.15) is 6.61 Å². The van der Waals surface area contributed by atoms with Crippen LogP contribution in [0.5, 0.6) is 0 Å². The Balaban J connectivity index is 3.29. The van der Waals surface area contributed by atoms with Crippen LogP contribution in [0.4, 0.5) is 0 Å². The molecule has 0 saturated carbocycles. The van der Waals surface area contributed by atoms with Crippen LogP contribution in [0.15, 0.2) is 30.3 Å². The molecule has 2 N–H and O–H groups in total. The van der Waals surface area contributed by atoms with Crippen molar-refractivity contribution in [2.75, 3.05) is 6.61 Å². The Morgan fingerprint density at radius 1 is 1.26 bits per heavy atom. The third kappa shape index (κ3) is 4.10. The predicted octanol–water partition coefficient (Wildman–Crippen LogP) is 1.40. The number of hydrogen-bond acceptors (Lipinski definition) is 2. The molecule has 1 rings (SSSR count). The lowest BCUT2D eigenvalue weighted by Gasteiger charge is -2.03. The molecule has 19 heavy (non-hydrogen) atoms. The summed E-state index contributed by atoms with van der Waals surface area (Å²) in [6.07, 6.45) is 6.59. The molecule has 3 heteroatoms. The highest BCUT2D eigenvalue weighted by molar-refractivity contribution is 5.97. The highest BCUT2D eigenvalue weighted by Gasteiger charge is 2.11. The van der Waals surface area contributed by atoms with E-state index in [1.165, 1.54) is 12.1 Å². The molecule has 0 bridgehead atoms. The van der Waals surface area contributed by atoms with Crippen molar-refractivity contribution in [2.45, 2.75) is 0 Å². The van der Waals surface area contributed by atoms with Crippen molar-refractivity contribution in [1.29, 1.82) is 0 Å². The summed E-state index contributed by atoms with van der Waals surface area (Å²) in [5, 5.41) is 17.6. The van der Waals surface area contributed by atoms with Gasteiger partial charge in [0, 0.05) is 17.2 Å². The molecule has 0 unspecified atom stereocenters. The molecule has 0 fully saturated rings. The lowest BCUT2D eigenvalue weighted by atomic mass is 10.00. The molecular weight excluding hydrogens is 240 g/mol. The quantitative estimate of drug-likeness (QED) is 0.780. The standard InChI is InChI=1S/C16H10O3/c1-2-8-13(9-4-3-7-12-17)14-10-5-6-11-15(14)16(18)19/h1,5-6,8,10-11,17H,12H2,(H,18,19)/b13-8-. The number of terminal acetylenes is 1. The zero-order valence-electron chi connectivity index (χ0n) is 9.97. The van der Waals surface area contributed by atoms with Gasteiger partial charge in [-0.05, 0) is 17.9 Å². The summed E-state index contributed by atoms with van der Waals surface area (Å²) in [5.41, 5.74) is 0.951. The number of aliphatic hydroxyl groups excluding tert-OH is 1. The number of aromatic carboxylic acids is 1. The fourth-order valence-electron chi connectivity index (χ4n) is 1.35. The number of benzene rings is 1. The van der Waals surface area contributed by atoms with Gasteiger partial charge in [0.15, 0.2) is 0 Å². The van der Waals surface area contributed by atoms with E-state index in [1.54, 1.807) is 18.2 Å². The van der Waals surface area contributed by atoms with Gasteiger partial charge >= 0.3 is 5.97 Å². The van der Waals surface area contributed by atoms with E-state index in [9.17, 15) is 4.79 Å². The fraction of sp³-hybridized carbons (Fsp3) is 0.0625. The van der Waals surface area contributed by atoms with Crippen molar-refractivity contribution in [2.24, 2.45) is 0 Å².